The number of aliphatic hydroxyl groups excluding tert-OH is 1. The van der Waals surface area contributed by atoms with Crippen LogP contribution in [0, 0.1) is 11.3 Å². The molecule has 2 heterocycles. The van der Waals surface area contributed by atoms with Gasteiger partial charge >= 0.3 is 0 Å². The molecule has 26 heavy (non-hydrogen) atoms. The van der Waals surface area contributed by atoms with E-state index < -0.39 is 18.2 Å². The molecule has 0 fully saturated rings. The van der Waals surface area contributed by atoms with E-state index in [2.05, 4.69) is 25.8 Å². The minimum Gasteiger partial charge on any atom is -0.397 e. The highest BCUT2D eigenvalue weighted by Gasteiger charge is 2.23. The standard InChI is InChI=1S/C15H20N8O3/c1-26-15(25)12(19-14(24)11-4-3-10(17)9-18-11)5-6-13-20-21-22-23(13)8-2-7-16/h3-4,9,12,15,25H,2,5-6,8,17H2,1H3,(H,19,24)/t12-,15?/m0/s1. The number of aryl methyl sites for hydroxylation is 2. The average molecular weight is 360 g/mol. The molecular weight excluding hydrogens is 340 g/mol. The number of nitrogens with one attached hydrogen (secondary N) is 1. The molecule has 0 spiro atoms. The topological polar surface area (TPSA) is 165 Å². The smallest absolute Gasteiger partial charge is 0.270 e. The van der Waals surface area contributed by atoms with Crippen LogP contribution in [0.25, 0.3) is 0 Å². The maximum atomic E-state index is 12.3. The highest BCUT2D eigenvalue weighted by atomic mass is 16.6. The van der Waals surface area contributed by atoms with E-state index >= 15 is 0 Å². The third-order valence-electron chi connectivity index (χ3n) is 3.64. The van der Waals surface area contributed by atoms with Gasteiger partial charge < -0.3 is 20.9 Å². The number of hydrogen-bond donors (Lipinski definition) is 3. The number of amides is 1. The van der Waals surface area contributed by atoms with Crippen molar-refractivity contribution in [3.05, 3.63) is 29.8 Å². The summed E-state index contributed by atoms with van der Waals surface area (Å²) in [6.07, 6.45) is 1.14. The Hall–Kier alpha value is -3.10. The first-order valence-electron chi connectivity index (χ1n) is 7.90. The fourth-order valence-corrected chi connectivity index (χ4v) is 2.25. The Balaban J connectivity index is 2.01. The molecule has 1 unspecified atom stereocenters. The van der Waals surface area contributed by atoms with Gasteiger partial charge in [0.05, 0.1) is 37.0 Å². The van der Waals surface area contributed by atoms with Crippen molar-refractivity contribution < 1.29 is 14.6 Å². The molecule has 0 aliphatic heterocycles. The Kier molecular flexibility index (Phi) is 6.95. The molecule has 0 aromatic carbocycles. The van der Waals surface area contributed by atoms with Gasteiger partial charge in [-0.1, -0.05) is 0 Å². The van der Waals surface area contributed by atoms with Crippen LogP contribution >= 0.6 is 0 Å². The number of nitrogens with two attached hydrogens (primary N) is 1. The first-order valence-corrected chi connectivity index (χ1v) is 7.90. The van der Waals surface area contributed by atoms with Gasteiger partial charge in [-0.05, 0) is 29.0 Å². The number of rotatable bonds is 9. The molecule has 2 rings (SSSR count). The lowest BCUT2D eigenvalue weighted by molar-refractivity contribution is -0.0963. The minimum atomic E-state index is -1.21. The number of nitrogens with zero attached hydrogens (tertiary/aromatic N) is 6. The number of nitriles is 1. The molecule has 1 amide bonds. The third kappa shape index (κ3) is 5.20. The van der Waals surface area contributed by atoms with E-state index in [-0.39, 0.29) is 12.1 Å². The van der Waals surface area contributed by atoms with Crippen molar-refractivity contribution in [2.45, 2.75) is 38.1 Å². The predicted molar refractivity (Wildman–Crippen MR) is 89.3 cm³/mol. The number of tetrazole rings is 1. The van der Waals surface area contributed by atoms with Crippen LogP contribution in [0.1, 0.15) is 29.2 Å². The number of methoxy groups -OCH3 is 1. The van der Waals surface area contributed by atoms with E-state index in [1.165, 1.54) is 24.1 Å². The van der Waals surface area contributed by atoms with Crippen LogP contribution in [0.5, 0.6) is 0 Å². The summed E-state index contributed by atoms with van der Waals surface area (Å²) in [5, 5.41) is 32.7. The molecular formula is C15H20N8O3. The van der Waals surface area contributed by atoms with Crippen molar-refractivity contribution in [2.75, 3.05) is 12.8 Å². The van der Waals surface area contributed by atoms with E-state index in [0.29, 0.717) is 30.9 Å². The van der Waals surface area contributed by atoms with Gasteiger partial charge in [0.15, 0.2) is 12.1 Å². The molecule has 4 N–H and O–H groups in total. The van der Waals surface area contributed by atoms with Crippen molar-refractivity contribution in [1.29, 1.82) is 5.26 Å². The summed E-state index contributed by atoms with van der Waals surface area (Å²) in [6.45, 7) is 0.373. The molecule has 0 aliphatic carbocycles. The molecule has 0 saturated carbocycles. The van der Waals surface area contributed by atoms with E-state index in [0.717, 1.165) is 0 Å². The second-order valence-corrected chi connectivity index (χ2v) is 5.45. The lowest BCUT2D eigenvalue weighted by Crippen LogP contribution is -2.44. The van der Waals surface area contributed by atoms with Crippen LogP contribution < -0.4 is 11.1 Å². The number of ether oxygens (including phenoxy) is 1. The summed E-state index contributed by atoms with van der Waals surface area (Å²) in [4.78, 5) is 16.2. The first kappa shape index (κ1) is 19.2. The first-order chi connectivity index (χ1) is 12.5. The van der Waals surface area contributed by atoms with E-state index in [4.69, 9.17) is 15.7 Å². The van der Waals surface area contributed by atoms with E-state index in [1.807, 2.05) is 6.07 Å². The summed E-state index contributed by atoms with van der Waals surface area (Å²) in [6, 6.07) is 4.38. The van der Waals surface area contributed by atoms with Crippen molar-refractivity contribution in [3.8, 4) is 6.07 Å². The molecule has 2 atom stereocenters. The molecule has 0 aliphatic rings. The maximum Gasteiger partial charge on any atom is 0.270 e. The Bertz CT molecular complexity index is 755. The summed E-state index contributed by atoms with van der Waals surface area (Å²) in [5.74, 6) is 0.0867. The number of pyridine rings is 1. The minimum absolute atomic E-state index is 0.173. The van der Waals surface area contributed by atoms with Crippen LogP contribution in [0.2, 0.25) is 0 Å². The predicted octanol–water partition coefficient (Wildman–Crippen LogP) is -0.740. The Morgan fingerprint density at radius 2 is 2.35 bits per heavy atom. The van der Waals surface area contributed by atoms with Gasteiger partial charge in [0.1, 0.15) is 5.69 Å². The number of carbonyl (C=O) groups excluding carboxylic acids is 1. The molecule has 0 bridgehead atoms. The number of anilines is 1. The molecule has 0 saturated heterocycles. The fraction of sp³-hybridized carbons (Fsp3) is 0.467. The normalized spacial score (nSPS) is 13.0. The highest BCUT2D eigenvalue weighted by molar-refractivity contribution is 5.92. The van der Waals surface area contributed by atoms with Crippen molar-refractivity contribution >= 4 is 11.6 Å². The monoisotopic (exact) mass is 360 g/mol. The largest absolute Gasteiger partial charge is 0.397 e. The molecule has 11 heteroatoms. The van der Waals surface area contributed by atoms with Crippen molar-refractivity contribution in [2.24, 2.45) is 0 Å². The summed E-state index contributed by atoms with van der Waals surface area (Å²) in [7, 11) is 1.34. The summed E-state index contributed by atoms with van der Waals surface area (Å²) in [5.41, 5.74) is 6.17. The van der Waals surface area contributed by atoms with Gasteiger partial charge in [0.2, 0.25) is 0 Å². The van der Waals surface area contributed by atoms with Gasteiger partial charge in [0.25, 0.3) is 5.91 Å². The zero-order valence-electron chi connectivity index (χ0n) is 14.2. The third-order valence-corrected chi connectivity index (χ3v) is 3.64. The van der Waals surface area contributed by atoms with Crippen LogP contribution in [0.4, 0.5) is 5.69 Å². The van der Waals surface area contributed by atoms with Crippen molar-refractivity contribution in [3.63, 3.8) is 0 Å². The number of nitrogen functional groups attached to an aromatic ring is 1. The van der Waals surface area contributed by atoms with Crippen LogP contribution in [-0.4, -0.2) is 55.6 Å². The molecule has 2 aromatic rings. The van der Waals surface area contributed by atoms with Gasteiger partial charge in [-0.3, -0.25) is 4.79 Å². The zero-order chi connectivity index (χ0) is 18.9. The average Bonchev–Trinajstić information content (AvgIpc) is 3.10. The number of aromatic nitrogens is 5. The summed E-state index contributed by atoms with van der Waals surface area (Å²) < 4.78 is 6.45. The Morgan fingerprint density at radius 1 is 1.54 bits per heavy atom. The molecule has 0 radical (unpaired) electrons. The molecule has 2 aromatic heterocycles. The lowest BCUT2D eigenvalue weighted by Gasteiger charge is -2.22. The second kappa shape index (κ2) is 9.40. The Morgan fingerprint density at radius 3 is 3.00 bits per heavy atom. The van der Waals surface area contributed by atoms with Crippen LogP contribution in [0.15, 0.2) is 18.3 Å². The van der Waals surface area contributed by atoms with Gasteiger partial charge in [-0.2, -0.15) is 5.26 Å². The SMILES string of the molecule is COC(O)[C@H](CCc1nnnn1CCC#N)NC(=O)c1ccc(N)cn1. The number of aliphatic hydroxyl groups is 1. The van der Waals surface area contributed by atoms with Gasteiger partial charge in [-0.25, -0.2) is 9.67 Å². The zero-order valence-corrected chi connectivity index (χ0v) is 14.2. The maximum absolute atomic E-state index is 12.3. The quantitative estimate of drug-likeness (QED) is 0.488. The highest BCUT2D eigenvalue weighted by Crippen LogP contribution is 2.08. The van der Waals surface area contributed by atoms with Crippen molar-refractivity contribution in [1.82, 2.24) is 30.5 Å². The lowest BCUT2D eigenvalue weighted by atomic mass is 10.1. The molecule has 11 nitrogen and oxygen atoms in total. The fourth-order valence-electron chi connectivity index (χ4n) is 2.25. The van der Waals surface area contributed by atoms with E-state index in [1.54, 1.807) is 6.07 Å². The van der Waals surface area contributed by atoms with Gasteiger partial charge in [-0.15, -0.1) is 5.10 Å². The number of hydrogen-bond acceptors (Lipinski definition) is 9. The second-order valence-electron chi connectivity index (χ2n) is 5.45. The van der Waals surface area contributed by atoms with Crippen LogP contribution in [0.3, 0.4) is 0 Å². The van der Waals surface area contributed by atoms with E-state index in [9.17, 15) is 9.90 Å². The van der Waals surface area contributed by atoms with Crippen LogP contribution in [-0.2, 0) is 17.7 Å². The summed E-state index contributed by atoms with van der Waals surface area (Å²) >= 11 is 0. The number of carbonyl (C=O) groups is 1. The Labute approximate surface area is 149 Å². The van der Waals surface area contributed by atoms with Gasteiger partial charge in [0, 0.05) is 13.5 Å². The molecule has 138 valence electrons.